The van der Waals surface area contributed by atoms with Crippen LogP contribution in [-0.4, -0.2) is 43.1 Å². The number of ether oxygens (including phenoxy) is 1. The summed E-state index contributed by atoms with van der Waals surface area (Å²) in [5.74, 6) is 0.991. The first-order valence-electron chi connectivity index (χ1n) is 7.91. The second-order valence-electron chi connectivity index (χ2n) is 6.22. The van der Waals surface area contributed by atoms with E-state index in [-0.39, 0.29) is 30.5 Å². The third-order valence-electron chi connectivity index (χ3n) is 4.19. The van der Waals surface area contributed by atoms with Crippen LogP contribution < -0.4 is 5.32 Å². The number of morpholine rings is 1. The van der Waals surface area contributed by atoms with Gasteiger partial charge in [0.05, 0.1) is 19.2 Å². The fraction of sp³-hybridized carbons (Fsp3) is 0.588. The molecular formula is C17H25ClN2O2. The normalized spacial score (nSPS) is 24.7. The molecule has 5 heteroatoms. The smallest absolute Gasteiger partial charge is 0.236 e. The quantitative estimate of drug-likeness (QED) is 0.904. The second-order valence-corrected chi connectivity index (χ2v) is 6.22. The minimum atomic E-state index is -0.0117. The zero-order valence-electron chi connectivity index (χ0n) is 13.0. The predicted octanol–water partition coefficient (Wildman–Crippen LogP) is 2.40. The topological polar surface area (TPSA) is 41.6 Å². The largest absolute Gasteiger partial charge is 0.367 e. The zero-order chi connectivity index (χ0) is 14.7. The molecule has 0 aromatic heterocycles. The molecule has 2 fully saturated rings. The van der Waals surface area contributed by atoms with Crippen molar-refractivity contribution in [1.82, 2.24) is 10.2 Å². The molecule has 1 amide bonds. The average molecular weight is 325 g/mol. The lowest BCUT2D eigenvalue weighted by Gasteiger charge is -2.37. The van der Waals surface area contributed by atoms with Crippen LogP contribution in [0.2, 0.25) is 0 Å². The van der Waals surface area contributed by atoms with Crippen molar-refractivity contribution < 1.29 is 9.53 Å². The lowest BCUT2D eigenvalue weighted by atomic mass is 10.1. The summed E-state index contributed by atoms with van der Waals surface area (Å²) in [6, 6.07) is 10.2. The second kappa shape index (κ2) is 7.95. The van der Waals surface area contributed by atoms with Gasteiger partial charge in [0.15, 0.2) is 0 Å². The van der Waals surface area contributed by atoms with Gasteiger partial charge in [-0.05, 0) is 37.8 Å². The standard InChI is InChI=1S/C17H24N2O2.ClH/c1-13-11-19(17(20)10-18-9-14-7-8-14)12-16(21-13)15-5-3-2-4-6-15;/h2-6,13-14,16,18H,7-12H2,1H3;1H. The fourth-order valence-corrected chi connectivity index (χ4v) is 2.82. The third-order valence-corrected chi connectivity index (χ3v) is 4.19. The number of amides is 1. The molecule has 0 bridgehead atoms. The van der Waals surface area contributed by atoms with Gasteiger partial charge < -0.3 is 15.0 Å². The van der Waals surface area contributed by atoms with Gasteiger partial charge in [0.25, 0.3) is 0 Å². The molecule has 0 spiro atoms. The van der Waals surface area contributed by atoms with Gasteiger partial charge in [0.2, 0.25) is 5.91 Å². The Bertz CT molecular complexity index is 479. The van der Waals surface area contributed by atoms with Gasteiger partial charge in [-0.2, -0.15) is 0 Å². The Hall–Kier alpha value is -1.10. The predicted molar refractivity (Wildman–Crippen MR) is 89.2 cm³/mol. The number of halogens is 1. The fourth-order valence-electron chi connectivity index (χ4n) is 2.82. The molecule has 3 rings (SSSR count). The Morgan fingerprint density at radius 3 is 2.68 bits per heavy atom. The molecule has 1 saturated carbocycles. The highest BCUT2D eigenvalue weighted by Gasteiger charge is 2.29. The molecule has 2 aliphatic rings. The number of hydrogen-bond acceptors (Lipinski definition) is 3. The monoisotopic (exact) mass is 324 g/mol. The molecule has 1 aliphatic heterocycles. The molecule has 22 heavy (non-hydrogen) atoms. The van der Waals surface area contributed by atoms with E-state index in [1.807, 2.05) is 30.0 Å². The van der Waals surface area contributed by atoms with Crippen molar-refractivity contribution in [3.8, 4) is 0 Å². The van der Waals surface area contributed by atoms with E-state index in [0.29, 0.717) is 19.6 Å². The number of nitrogens with one attached hydrogen (secondary N) is 1. The molecule has 4 nitrogen and oxygen atoms in total. The number of benzene rings is 1. The van der Waals surface area contributed by atoms with E-state index in [0.717, 1.165) is 18.0 Å². The first-order valence-corrected chi connectivity index (χ1v) is 7.91. The first kappa shape index (κ1) is 17.3. The number of carbonyl (C=O) groups excluding carboxylic acids is 1. The summed E-state index contributed by atoms with van der Waals surface area (Å²) in [7, 11) is 0. The van der Waals surface area contributed by atoms with Gasteiger partial charge >= 0.3 is 0 Å². The summed E-state index contributed by atoms with van der Waals surface area (Å²) in [6.07, 6.45) is 2.69. The van der Waals surface area contributed by atoms with E-state index in [9.17, 15) is 4.79 Å². The van der Waals surface area contributed by atoms with Gasteiger partial charge in [0, 0.05) is 6.54 Å². The highest BCUT2D eigenvalue weighted by Crippen LogP contribution is 2.27. The van der Waals surface area contributed by atoms with Crippen LogP contribution in [0.3, 0.4) is 0 Å². The maximum Gasteiger partial charge on any atom is 0.236 e. The minimum absolute atomic E-state index is 0. The summed E-state index contributed by atoms with van der Waals surface area (Å²) < 4.78 is 5.99. The van der Waals surface area contributed by atoms with Crippen LogP contribution in [0.5, 0.6) is 0 Å². The molecule has 2 unspecified atom stereocenters. The summed E-state index contributed by atoms with van der Waals surface area (Å²) >= 11 is 0. The number of carbonyl (C=O) groups is 1. The lowest BCUT2D eigenvalue weighted by Crippen LogP contribution is -2.48. The van der Waals surface area contributed by atoms with Crippen molar-refractivity contribution in [2.45, 2.75) is 32.0 Å². The van der Waals surface area contributed by atoms with E-state index in [2.05, 4.69) is 17.4 Å². The van der Waals surface area contributed by atoms with Crippen LogP contribution in [0.15, 0.2) is 30.3 Å². The molecule has 1 aromatic rings. The molecular weight excluding hydrogens is 300 g/mol. The first-order chi connectivity index (χ1) is 10.2. The molecule has 1 aliphatic carbocycles. The highest BCUT2D eigenvalue weighted by molar-refractivity contribution is 5.85. The summed E-state index contributed by atoms with van der Waals surface area (Å²) in [5.41, 5.74) is 1.15. The molecule has 122 valence electrons. The van der Waals surface area contributed by atoms with Gasteiger partial charge in [-0.15, -0.1) is 12.4 Å². The van der Waals surface area contributed by atoms with E-state index < -0.39 is 0 Å². The van der Waals surface area contributed by atoms with Gasteiger partial charge in [0.1, 0.15) is 6.10 Å². The van der Waals surface area contributed by atoms with Gasteiger partial charge in [-0.3, -0.25) is 4.79 Å². The Kier molecular flexibility index (Phi) is 6.24. The Labute approximate surface area is 138 Å². The maximum atomic E-state index is 12.3. The SMILES string of the molecule is CC1CN(C(=O)CNCC2CC2)CC(c2ccccc2)O1.Cl. The third kappa shape index (κ3) is 4.70. The Morgan fingerprint density at radius 2 is 2.00 bits per heavy atom. The van der Waals surface area contributed by atoms with E-state index in [1.54, 1.807) is 0 Å². The van der Waals surface area contributed by atoms with Crippen molar-refractivity contribution in [1.29, 1.82) is 0 Å². The summed E-state index contributed by atoms with van der Waals surface area (Å²) in [5, 5.41) is 3.28. The van der Waals surface area contributed by atoms with Crippen molar-refractivity contribution in [3.05, 3.63) is 35.9 Å². The number of rotatable bonds is 5. The molecule has 0 radical (unpaired) electrons. The van der Waals surface area contributed by atoms with Crippen molar-refractivity contribution in [3.63, 3.8) is 0 Å². The molecule has 1 heterocycles. The van der Waals surface area contributed by atoms with E-state index in [4.69, 9.17) is 4.74 Å². The van der Waals surface area contributed by atoms with Crippen LogP contribution >= 0.6 is 12.4 Å². The maximum absolute atomic E-state index is 12.3. The van der Waals surface area contributed by atoms with E-state index >= 15 is 0 Å². The highest BCUT2D eigenvalue weighted by atomic mass is 35.5. The van der Waals surface area contributed by atoms with Crippen LogP contribution in [-0.2, 0) is 9.53 Å². The van der Waals surface area contributed by atoms with Crippen molar-refractivity contribution >= 4 is 18.3 Å². The molecule has 1 aromatic carbocycles. The molecule has 1 saturated heterocycles. The van der Waals surface area contributed by atoms with Crippen LogP contribution in [0.25, 0.3) is 0 Å². The van der Waals surface area contributed by atoms with Gasteiger partial charge in [-0.1, -0.05) is 30.3 Å². The zero-order valence-corrected chi connectivity index (χ0v) is 13.8. The van der Waals surface area contributed by atoms with E-state index in [1.165, 1.54) is 12.8 Å². The van der Waals surface area contributed by atoms with Crippen molar-refractivity contribution in [2.75, 3.05) is 26.2 Å². The Morgan fingerprint density at radius 1 is 1.27 bits per heavy atom. The number of nitrogens with zero attached hydrogens (tertiary/aromatic N) is 1. The Balaban J connectivity index is 0.00000176. The van der Waals surface area contributed by atoms with Crippen LogP contribution in [0, 0.1) is 5.92 Å². The molecule has 2 atom stereocenters. The molecule has 1 N–H and O–H groups in total. The van der Waals surface area contributed by atoms with Crippen LogP contribution in [0.1, 0.15) is 31.4 Å². The van der Waals surface area contributed by atoms with Gasteiger partial charge in [-0.25, -0.2) is 0 Å². The lowest BCUT2D eigenvalue weighted by molar-refractivity contribution is -0.143. The number of hydrogen-bond donors (Lipinski definition) is 1. The van der Waals surface area contributed by atoms with Crippen molar-refractivity contribution in [2.24, 2.45) is 5.92 Å². The minimum Gasteiger partial charge on any atom is -0.367 e. The average Bonchev–Trinajstić information content (AvgIpc) is 3.31. The summed E-state index contributed by atoms with van der Waals surface area (Å²) in [4.78, 5) is 14.3. The summed E-state index contributed by atoms with van der Waals surface area (Å²) in [6.45, 7) is 4.80. The van der Waals surface area contributed by atoms with Crippen LogP contribution in [0.4, 0.5) is 0 Å².